The second-order valence-corrected chi connectivity index (χ2v) is 5.16. The molecule has 1 unspecified atom stereocenters. The van der Waals surface area contributed by atoms with Crippen LogP contribution in [0.4, 0.5) is 8.78 Å². The monoisotopic (exact) mass is 268 g/mol. The van der Waals surface area contributed by atoms with Crippen LogP contribution in [0.25, 0.3) is 0 Å². The van der Waals surface area contributed by atoms with E-state index in [1.807, 2.05) is 13.8 Å². The number of carbonyl (C=O) groups excluding carboxylic acids is 1. The van der Waals surface area contributed by atoms with E-state index in [-0.39, 0.29) is 24.5 Å². The number of nitrogens with one attached hydrogen (secondary N) is 1. The molecule has 5 heteroatoms. The van der Waals surface area contributed by atoms with Gasteiger partial charge in [-0.05, 0) is 12.5 Å². The van der Waals surface area contributed by atoms with Gasteiger partial charge >= 0.3 is 0 Å². The number of benzene rings is 1. The Balaban J connectivity index is 2.02. The molecular formula is C14H18F2N2O. The van der Waals surface area contributed by atoms with Gasteiger partial charge in [-0.3, -0.25) is 4.79 Å². The van der Waals surface area contributed by atoms with Crippen molar-refractivity contribution in [1.82, 2.24) is 10.2 Å². The van der Waals surface area contributed by atoms with Gasteiger partial charge in [0.25, 0.3) is 0 Å². The molecule has 1 aromatic carbocycles. The number of likely N-dealkylation sites (tertiary alicyclic amines) is 1. The Morgan fingerprint density at radius 1 is 1.42 bits per heavy atom. The zero-order chi connectivity index (χ0) is 14.0. The maximum atomic E-state index is 13.5. The zero-order valence-corrected chi connectivity index (χ0v) is 11.1. The van der Waals surface area contributed by atoms with Crippen LogP contribution in [0.15, 0.2) is 18.2 Å². The summed E-state index contributed by atoms with van der Waals surface area (Å²) in [6, 6.07) is 3.49. The first-order valence-electron chi connectivity index (χ1n) is 6.46. The van der Waals surface area contributed by atoms with E-state index in [4.69, 9.17) is 0 Å². The number of amides is 1. The number of hydrogen-bond acceptors (Lipinski definition) is 2. The zero-order valence-electron chi connectivity index (χ0n) is 11.1. The van der Waals surface area contributed by atoms with E-state index in [9.17, 15) is 13.6 Å². The highest BCUT2D eigenvalue weighted by atomic mass is 19.1. The normalized spacial score (nSPS) is 19.5. The third-order valence-corrected chi connectivity index (χ3v) is 3.21. The highest BCUT2D eigenvalue weighted by Gasteiger charge is 2.31. The van der Waals surface area contributed by atoms with Crippen LogP contribution in [0, 0.1) is 11.6 Å². The molecule has 0 aromatic heterocycles. The molecule has 104 valence electrons. The van der Waals surface area contributed by atoms with Crippen LogP contribution in [0.2, 0.25) is 0 Å². The molecule has 1 amide bonds. The number of rotatable bonds is 4. The first-order valence-corrected chi connectivity index (χ1v) is 6.46. The van der Waals surface area contributed by atoms with E-state index >= 15 is 0 Å². The summed E-state index contributed by atoms with van der Waals surface area (Å²) in [5.74, 6) is -1.22. The van der Waals surface area contributed by atoms with Crippen LogP contribution in [-0.4, -0.2) is 29.4 Å². The third kappa shape index (κ3) is 3.29. The van der Waals surface area contributed by atoms with Gasteiger partial charge in [0.15, 0.2) is 0 Å². The fourth-order valence-corrected chi connectivity index (χ4v) is 2.31. The quantitative estimate of drug-likeness (QED) is 0.906. The van der Waals surface area contributed by atoms with E-state index in [0.717, 1.165) is 12.5 Å². The van der Waals surface area contributed by atoms with E-state index in [0.29, 0.717) is 12.1 Å². The predicted octanol–water partition coefficient (Wildman–Crippen LogP) is 2.06. The van der Waals surface area contributed by atoms with E-state index in [1.54, 1.807) is 4.90 Å². The minimum absolute atomic E-state index is 0.0163. The van der Waals surface area contributed by atoms with Gasteiger partial charge in [-0.25, -0.2) is 8.78 Å². The molecule has 0 spiro atoms. The van der Waals surface area contributed by atoms with Crippen molar-refractivity contribution in [2.45, 2.75) is 38.9 Å². The number of hydrogen-bond donors (Lipinski definition) is 1. The summed E-state index contributed by atoms with van der Waals surface area (Å²) in [4.78, 5) is 13.7. The second kappa shape index (κ2) is 5.65. The van der Waals surface area contributed by atoms with Crippen LogP contribution < -0.4 is 5.32 Å². The average Bonchev–Trinajstić information content (AvgIpc) is 2.64. The Morgan fingerprint density at radius 2 is 2.16 bits per heavy atom. The highest BCUT2D eigenvalue weighted by molar-refractivity contribution is 5.84. The summed E-state index contributed by atoms with van der Waals surface area (Å²) < 4.78 is 26.4. The molecule has 3 nitrogen and oxygen atoms in total. The van der Waals surface area contributed by atoms with Gasteiger partial charge in [0.1, 0.15) is 11.6 Å². The SMILES string of the molecule is CC(C)NC1CCN(Cc2ccc(F)cc2F)C1=O. The second-order valence-electron chi connectivity index (χ2n) is 5.16. The predicted molar refractivity (Wildman–Crippen MR) is 68.5 cm³/mol. The van der Waals surface area contributed by atoms with Gasteiger partial charge in [0.05, 0.1) is 6.04 Å². The highest BCUT2D eigenvalue weighted by Crippen LogP contribution is 2.18. The molecule has 0 radical (unpaired) electrons. The molecule has 1 atom stereocenters. The lowest BCUT2D eigenvalue weighted by Gasteiger charge is -2.18. The van der Waals surface area contributed by atoms with Crippen molar-refractivity contribution in [3.63, 3.8) is 0 Å². The molecule has 1 aromatic rings. The Morgan fingerprint density at radius 3 is 2.79 bits per heavy atom. The van der Waals surface area contributed by atoms with Crippen LogP contribution in [0.5, 0.6) is 0 Å². The standard InChI is InChI=1S/C14H18F2N2O/c1-9(2)17-13-5-6-18(14(13)19)8-10-3-4-11(15)7-12(10)16/h3-4,7,9,13,17H,5-6,8H2,1-2H3. The van der Waals surface area contributed by atoms with Crippen molar-refractivity contribution in [1.29, 1.82) is 0 Å². The minimum atomic E-state index is -0.604. The van der Waals surface area contributed by atoms with Gasteiger partial charge in [-0.1, -0.05) is 19.9 Å². The minimum Gasteiger partial charge on any atom is -0.337 e. The molecule has 1 N–H and O–H groups in total. The molecule has 1 aliphatic heterocycles. The number of nitrogens with zero attached hydrogens (tertiary/aromatic N) is 1. The topological polar surface area (TPSA) is 32.3 Å². The van der Waals surface area contributed by atoms with Crippen molar-refractivity contribution >= 4 is 5.91 Å². The summed E-state index contributed by atoms with van der Waals surface area (Å²) in [5, 5.41) is 3.19. The fourth-order valence-electron chi connectivity index (χ4n) is 2.31. The van der Waals surface area contributed by atoms with Crippen molar-refractivity contribution in [2.24, 2.45) is 0 Å². The summed E-state index contributed by atoms with van der Waals surface area (Å²) >= 11 is 0. The number of halogens is 2. The Kier molecular flexibility index (Phi) is 4.14. The molecule has 1 fully saturated rings. The molecule has 1 heterocycles. The van der Waals surface area contributed by atoms with Crippen LogP contribution in [0.1, 0.15) is 25.8 Å². The molecule has 0 bridgehead atoms. The van der Waals surface area contributed by atoms with Crippen molar-refractivity contribution in [3.8, 4) is 0 Å². The van der Waals surface area contributed by atoms with Gasteiger partial charge in [-0.15, -0.1) is 0 Å². The molecule has 1 saturated heterocycles. The van der Waals surface area contributed by atoms with Crippen molar-refractivity contribution < 1.29 is 13.6 Å². The lowest BCUT2D eigenvalue weighted by atomic mass is 10.2. The van der Waals surface area contributed by atoms with Gasteiger partial charge in [-0.2, -0.15) is 0 Å². The molecule has 19 heavy (non-hydrogen) atoms. The average molecular weight is 268 g/mol. The molecule has 0 saturated carbocycles. The summed E-state index contributed by atoms with van der Waals surface area (Å²) in [6.45, 7) is 4.76. The van der Waals surface area contributed by atoms with E-state index < -0.39 is 11.6 Å². The molecule has 0 aliphatic carbocycles. The Labute approximate surface area is 111 Å². The lowest BCUT2D eigenvalue weighted by molar-refractivity contribution is -0.130. The largest absolute Gasteiger partial charge is 0.337 e. The maximum Gasteiger partial charge on any atom is 0.240 e. The third-order valence-electron chi connectivity index (χ3n) is 3.21. The first kappa shape index (κ1) is 13.9. The maximum absolute atomic E-state index is 13.5. The number of carbonyl (C=O) groups is 1. The first-order chi connectivity index (χ1) is 8.97. The van der Waals surface area contributed by atoms with Gasteiger partial charge < -0.3 is 10.2 Å². The van der Waals surface area contributed by atoms with Gasteiger partial charge in [0.2, 0.25) is 5.91 Å². The Hall–Kier alpha value is -1.49. The lowest BCUT2D eigenvalue weighted by Crippen LogP contribution is -2.41. The van der Waals surface area contributed by atoms with Crippen LogP contribution >= 0.6 is 0 Å². The van der Waals surface area contributed by atoms with E-state index in [2.05, 4.69) is 5.32 Å². The van der Waals surface area contributed by atoms with Crippen LogP contribution in [0.3, 0.4) is 0 Å². The summed E-state index contributed by atoms with van der Waals surface area (Å²) in [5.41, 5.74) is 0.347. The fraction of sp³-hybridized carbons (Fsp3) is 0.500. The van der Waals surface area contributed by atoms with Crippen molar-refractivity contribution in [3.05, 3.63) is 35.4 Å². The summed E-state index contributed by atoms with van der Waals surface area (Å²) in [7, 11) is 0. The van der Waals surface area contributed by atoms with Gasteiger partial charge in [0, 0.05) is 30.8 Å². The summed E-state index contributed by atoms with van der Waals surface area (Å²) in [6.07, 6.45) is 0.722. The Bertz CT molecular complexity index is 477. The smallest absolute Gasteiger partial charge is 0.240 e. The molecule has 2 rings (SSSR count). The van der Waals surface area contributed by atoms with Crippen LogP contribution in [-0.2, 0) is 11.3 Å². The van der Waals surface area contributed by atoms with Crippen molar-refractivity contribution in [2.75, 3.05) is 6.54 Å². The molecule has 1 aliphatic rings. The van der Waals surface area contributed by atoms with E-state index in [1.165, 1.54) is 12.1 Å². The molecular weight excluding hydrogens is 250 g/mol.